The summed E-state index contributed by atoms with van der Waals surface area (Å²) < 4.78 is 11.2. The minimum atomic E-state index is 0.355. The zero-order valence-corrected chi connectivity index (χ0v) is 13.2. The van der Waals surface area contributed by atoms with Crippen LogP contribution < -0.4 is 14.8 Å². The maximum Gasteiger partial charge on any atom is 0.180 e. The van der Waals surface area contributed by atoms with Crippen molar-refractivity contribution >= 4 is 11.6 Å². The first-order valence-corrected chi connectivity index (χ1v) is 7.07. The number of hydrogen-bond donors (Lipinski definition) is 1. The van der Waals surface area contributed by atoms with E-state index in [0.717, 1.165) is 23.4 Å². The fourth-order valence-electron chi connectivity index (χ4n) is 2.03. The lowest BCUT2D eigenvalue weighted by Crippen LogP contribution is -2.06. The van der Waals surface area contributed by atoms with E-state index in [1.54, 1.807) is 13.3 Å². The summed E-state index contributed by atoms with van der Waals surface area (Å²) in [5, 5.41) is 3.62. The Bertz CT molecular complexity index is 617. The number of nitrogens with zero attached hydrogens (tertiary/aromatic N) is 1. The Balaban J connectivity index is 2.21. The Morgan fingerprint density at radius 2 is 2.14 bits per heavy atom. The van der Waals surface area contributed by atoms with Crippen LogP contribution in [0.4, 0.5) is 0 Å². The summed E-state index contributed by atoms with van der Waals surface area (Å²) in [5.41, 5.74) is 3.01. The predicted octanol–water partition coefficient (Wildman–Crippen LogP) is 3.35. The van der Waals surface area contributed by atoms with Crippen molar-refractivity contribution in [3.8, 4) is 11.5 Å². The number of halogens is 1. The van der Waals surface area contributed by atoms with Gasteiger partial charge in [0, 0.05) is 12.7 Å². The van der Waals surface area contributed by atoms with Crippen molar-refractivity contribution in [1.29, 1.82) is 0 Å². The molecule has 1 aromatic heterocycles. The standard InChI is InChI=1S/C16H19ClN2O2/c1-11-5-4-6-19-14(11)10-21-16-13(17)7-12(9-18-2)8-15(16)20-3/h4-8,18H,9-10H2,1-3H3. The topological polar surface area (TPSA) is 43.4 Å². The fourth-order valence-corrected chi connectivity index (χ4v) is 2.32. The largest absolute Gasteiger partial charge is 0.493 e. The average Bonchev–Trinajstić information content (AvgIpc) is 2.47. The molecular weight excluding hydrogens is 288 g/mol. The van der Waals surface area contributed by atoms with Crippen molar-refractivity contribution < 1.29 is 9.47 Å². The second-order valence-corrected chi connectivity index (χ2v) is 5.10. The van der Waals surface area contributed by atoms with Crippen molar-refractivity contribution in [3.63, 3.8) is 0 Å². The van der Waals surface area contributed by atoms with Crippen LogP contribution in [0.25, 0.3) is 0 Å². The third-order valence-electron chi connectivity index (χ3n) is 3.14. The van der Waals surface area contributed by atoms with Gasteiger partial charge in [0.2, 0.25) is 0 Å². The first kappa shape index (κ1) is 15.6. The van der Waals surface area contributed by atoms with E-state index in [1.807, 2.05) is 38.2 Å². The number of methoxy groups -OCH3 is 1. The molecular formula is C16H19ClN2O2. The average molecular weight is 307 g/mol. The van der Waals surface area contributed by atoms with E-state index in [-0.39, 0.29) is 0 Å². The van der Waals surface area contributed by atoms with Crippen LogP contribution in [0.5, 0.6) is 11.5 Å². The van der Waals surface area contributed by atoms with Gasteiger partial charge >= 0.3 is 0 Å². The maximum atomic E-state index is 6.30. The summed E-state index contributed by atoms with van der Waals surface area (Å²) >= 11 is 6.30. The van der Waals surface area contributed by atoms with Gasteiger partial charge < -0.3 is 14.8 Å². The SMILES string of the molecule is CNCc1cc(Cl)c(OCc2ncccc2C)c(OC)c1. The summed E-state index contributed by atoms with van der Waals surface area (Å²) in [7, 11) is 3.49. The molecule has 0 saturated carbocycles. The lowest BCUT2D eigenvalue weighted by Gasteiger charge is -2.14. The number of ether oxygens (including phenoxy) is 2. The summed E-state index contributed by atoms with van der Waals surface area (Å²) in [6.07, 6.45) is 1.75. The molecule has 0 spiro atoms. The van der Waals surface area contributed by atoms with E-state index >= 15 is 0 Å². The van der Waals surface area contributed by atoms with Crippen molar-refractivity contribution in [3.05, 3.63) is 52.3 Å². The highest BCUT2D eigenvalue weighted by Gasteiger charge is 2.13. The molecule has 4 nitrogen and oxygen atoms in total. The molecule has 0 amide bonds. The van der Waals surface area contributed by atoms with Crippen molar-refractivity contribution in [2.45, 2.75) is 20.1 Å². The Hall–Kier alpha value is -1.78. The van der Waals surface area contributed by atoms with Crippen molar-refractivity contribution in [1.82, 2.24) is 10.3 Å². The van der Waals surface area contributed by atoms with Crippen LogP contribution in [0, 0.1) is 6.92 Å². The molecule has 2 aromatic rings. The number of pyridine rings is 1. The highest BCUT2D eigenvalue weighted by Crippen LogP contribution is 2.37. The minimum absolute atomic E-state index is 0.355. The van der Waals surface area contributed by atoms with Gasteiger partial charge in [0.15, 0.2) is 11.5 Å². The molecule has 0 atom stereocenters. The highest BCUT2D eigenvalue weighted by atomic mass is 35.5. The predicted molar refractivity (Wildman–Crippen MR) is 84.1 cm³/mol. The number of hydrogen-bond acceptors (Lipinski definition) is 4. The van der Waals surface area contributed by atoms with E-state index in [2.05, 4.69) is 10.3 Å². The van der Waals surface area contributed by atoms with E-state index < -0.39 is 0 Å². The lowest BCUT2D eigenvalue weighted by molar-refractivity contribution is 0.280. The molecule has 0 bridgehead atoms. The molecule has 1 aromatic carbocycles. The smallest absolute Gasteiger partial charge is 0.180 e. The van der Waals surface area contributed by atoms with Crippen LogP contribution in [0.3, 0.4) is 0 Å². The van der Waals surface area contributed by atoms with E-state index in [1.165, 1.54) is 0 Å². The van der Waals surface area contributed by atoms with E-state index in [9.17, 15) is 0 Å². The molecule has 0 aliphatic heterocycles. The zero-order valence-electron chi connectivity index (χ0n) is 12.4. The molecule has 112 valence electrons. The molecule has 0 saturated heterocycles. The van der Waals surface area contributed by atoms with Crippen LogP contribution in [0.1, 0.15) is 16.8 Å². The second-order valence-electron chi connectivity index (χ2n) is 4.70. The molecule has 0 fully saturated rings. The van der Waals surface area contributed by atoms with Gasteiger partial charge in [0.05, 0.1) is 17.8 Å². The maximum absolute atomic E-state index is 6.30. The monoisotopic (exact) mass is 306 g/mol. The van der Waals surface area contributed by atoms with Crippen molar-refractivity contribution in [2.24, 2.45) is 0 Å². The van der Waals surface area contributed by atoms with Crippen LogP contribution in [0.15, 0.2) is 30.5 Å². The summed E-state index contributed by atoms with van der Waals surface area (Å²) in [5.74, 6) is 1.17. The molecule has 2 rings (SSSR count). The van der Waals surface area contributed by atoms with Gasteiger partial charge in [-0.1, -0.05) is 17.7 Å². The number of aromatic nitrogens is 1. The third kappa shape index (κ3) is 3.86. The minimum Gasteiger partial charge on any atom is -0.493 e. The van der Waals surface area contributed by atoms with E-state index in [0.29, 0.717) is 23.1 Å². The molecule has 0 radical (unpaired) electrons. The van der Waals surface area contributed by atoms with Gasteiger partial charge in [0.1, 0.15) is 6.61 Å². The third-order valence-corrected chi connectivity index (χ3v) is 3.42. The first-order valence-electron chi connectivity index (χ1n) is 6.70. The summed E-state index contributed by atoms with van der Waals surface area (Å²) in [6.45, 7) is 3.07. The number of nitrogens with one attached hydrogen (secondary N) is 1. The Morgan fingerprint density at radius 1 is 1.33 bits per heavy atom. The van der Waals surface area contributed by atoms with Gasteiger partial charge in [-0.3, -0.25) is 4.98 Å². The number of rotatable bonds is 6. The Labute approximate surface area is 130 Å². The fraction of sp³-hybridized carbons (Fsp3) is 0.312. The molecule has 21 heavy (non-hydrogen) atoms. The van der Waals surface area contributed by atoms with Gasteiger partial charge in [-0.25, -0.2) is 0 Å². The zero-order chi connectivity index (χ0) is 15.2. The van der Waals surface area contributed by atoms with E-state index in [4.69, 9.17) is 21.1 Å². The molecule has 0 unspecified atom stereocenters. The Morgan fingerprint density at radius 3 is 2.81 bits per heavy atom. The summed E-state index contributed by atoms with van der Waals surface area (Å²) in [6, 6.07) is 7.70. The van der Waals surface area contributed by atoms with Gasteiger partial charge in [-0.05, 0) is 43.3 Å². The van der Waals surface area contributed by atoms with Crippen LogP contribution >= 0.6 is 11.6 Å². The number of benzene rings is 1. The van der Waals surface area contributed by atoms with Crippen molar-refractivity contribution in [2.75, 3.05) is 14.2 Å². The first-order chi connectivity index (χ1) is 10.2. The molecule has 0 aliphatic rings. The van der Waals surface area contributed by atoms with Gasteiger partial charge in [-0.2, -0.15) is 0 Å². The lowest BCUT2D eigenvalue weighted by atomic mass is 10.2. The van der Waals surface area contributed by atoms with Crippen LogP contribution in [-0.2, 0) is 13.2 Å². The summed E-state index contributed by atoms with van der Waals surface area (Å²) in [4.78, 5) is 4.31. The molecule has 5 heteroatoms. The van der Waals surface area contributed by atoms with Gasteiger partial charge in [0.25, 0.3) is 0 Å². The number of aryl methyl sites for hydroxylation is 1. The highest BCUT2D eigenvalue weighted by molar-refractivity contribution is 6.32. The second kappa shape index (κ2) is 7.29. The molecule has 0 aliphatic carbocycles. The quantitative estimate of drug-likeness (QED) is 0.889. The van der Waals surface area contributed by atoms with Gasteiger partial charge in [-0.15, -0.1) is 0 Å². The molecule has 1 heterocycles. The normalized spacial score (nSPS) is 10.5. The van der Waals surface area contributed by atoms with Crippen LogP contribution in [0.2, 0.25) is 5.02 Å². The van der Waals surface area contributed by atoms with Crippen LogP contribution in [-0.4, -0.2) is 19.1 Å². The molecule has 1 N–H and O–H groups in total. The Kier molecular flexibility index (Phi) is 5.42.